The zero-order chi connectivity index (χ0) is 19.3. The van der Waals surface area contributed by atoms with E-state index in [-0.39, 0.29) is 17.5 Å². The number of hydrogen-bond donors (Lipinski definition) is 0. The van der Waals surface area contributed by atoms with Crippen LogP contribution >= 0.6 is 0 Å². The molecule has 1 aliphatic heterocycles. The fourth-order valence-corrected chi connectivity index (χ4v) is 4.25. The number of hydrogen-bond acceptors (Lipinski definition) is 6. The first-order valence-electron chi connectivity index (χ1n) is 9.04. The first-order valence-corrected chi connectivity index (χ1v) is 9.04. The van der Waals surface area contributed by atoms with Crippen LogP contribution in [-0.4, -0.2) is 39.0 Å². The number of rotatable bonds is 2. The maximum atomic E-state index is 12.6. The molecular weight excluding hydrogens is 360 g/mol. The van der Waals surface area contributed by atoms with Crippen molar-refractivity contribution in [1.82, 2.24) is 14.9 Å². The van der Waals surface area contributed by atoms with Crippen molar-refractivity contribution in [3.63, 3.8) is 0 Å². The third kappa shape index (κ3) is 2.74. The molecule has 140 valence electrons. The highest BCUT2D eigenvalue weighted by Gasteiger charge is 2.40. The second kappa shape index (κ2) is 6.26. The number of ether oxygens (including phenoxy) is 1. The molecule has 1 saturated heterocycles. The predicted molar refractivity (Wildman–Crippen MR) is 100 cm³/mol. The highest BCUT2D eigenvalue weighted by molar-refractivity contribution is 5.78. The van der Waals surface area contributed by atoms with Gasteiger partial charge in [0, 0.05) is 49.5 Å². The van der Waals surface area contributed by atoms with Gasteiger partial charge in [0.25, 0.3) is 5.69 Å². The number of benzene rings is 2. The van der Waals surface area contributed by atoms with Crippen LogP contribution in [0, 0.1) is 10.1 Å². The molecule has 2 unspecified atom stereocenters. The Bertz CT molecular complexity index is 1050. The summed E-state index contributed by atoms with van der Waals surface area (Å²) in [7, 11) is 0. The number of nitrogens with zero attached hydrogens (tertiary/aromatic N) is 4. The number of non-ortho nitro benzene ring substituents is 1. The third-order valence-electron chi connectivity index (χ3n) is 5.52. The van der Waals surface area contributed by atoms with Crippen LogP contribution in [0.1, 0.15) is 29.4 Å². The summed E-state index contributed by atoms with van der Waals surface area (Å²) in [4.78, 5) is 33.4. The summed E-state index contributed by atoms with van der Waals surface area (Å²) < 4.78 is 5.43. The third-order valence-corrected chi connectivity index (χ3v) is 5.52. The molecule has 3 aromatic rings. The minimum absolute atomic E-state index is 0.0412. The number of nitro benzene ring substituents is 1. The van der Waals surface area contributed by atoms with E-state index in [1.807, 2.05) is 0 Å². The maximum Gasteiger partial charge on any atom is 0.415 e. The maximum absolute atomic E-state index is 12.6. The van der Waals surface area contributed by atoms with E-state index in [0.717, 1.165) is 17.5 Å². The average Bonchev–Trinajstić information content (AvgIpc) is 2.96. The first kappa shape index (κ1) is 16.6. The number of piperidine rings is 1. The van der Waals surface area contributed by atoms with Crippen LogP contribution in [0.3, 0.4) is 0 Å². The monoisotopic (exact) mass is 376 g/mol. The van der Waals surface area contributed by atoms with Gasteiger partial charge in [-0.25, -0.2) is 4.79 Å². The second-order valence-corrected chi connectivity index (χ2v) is 7.18. The SMILES string of the molecule is O=C(Oc1ccc([N+](=O)[O-])cc1)N1CC2CC(C1)c1cc3nccnc3cc12. The molecule has 8 heteroatoms. The van der Waals surface area contributed by atoms with Gasteiger partial charge in [0.1, 0.15) is 5.75 Å². The Morgan fingerprint density at radius 3 is 2.14 bits per heavy atom. The Hall–Kier alpha value is -3.55. The zero-order valence-electron chi connectivity index (χ0n) is 14.8. The summed E-state index contributed by atoms with van der Waals surface area (Å²) >= 11 is 0. The number of carbonyl (C=O) groups is 1. The molecule has 2 aliphatic rings. The predicted octanol–water partition coefficient (Wildman–Crippen LogP) is 3.62. The number of nitro groups is 1. The van der Waals surface area contributed by atoms with Crippen molar-refractivity contribution in [3.05, 3.63) is 70.0 Å². The second-order valence-electron chi connectivity index (χ2n) is 7.18. The molecule has 0 N–H and O–H groups in total. The quantitative estimate of drug-likeness (QED) is 0.500. The lowest BCUT2D eigenvalue weighted by Crippen LogP contribution is -2.41. The number of likely N-dealkylation sites (tertiary alicyclic amines) is 1. The van der Waals surface area contributed by atoms with Gasteiger partial charge in [-0.15, -0.1) is 0 Å². The number of fused-ring (bicyclic) bond motifs is 6. The minimum atomic E-state index is -0.487. The molecule has 2 atom stereocenters. The normalized spacial score (nSPS) is 20.1. The Morgan fingerprint density at radius 2 is 1.61 bits per heavy atom. The van der Waals surface area contributed by atoms with E-state index in [1.165, 1.54) is 35.4 Å². The summed E-state index contributed by atoms with van der Waals surface area (Å²) in [6, 6.07) is 9.70. The minimum Gasteiger partial charge on any atom is -0.410 e. The molecule has 8 nitrogen and oxygen atoms in total. The van der Waals surface area contributed by atoms with Gasteiger partial charge in [0.2, 0.25) is 0 Å². The van der Waals surface area contributed by atoms with E-state index in [2.05, 4.69) is 22.1 Å². The molecular formula is C20H16N4O4. The summed E-state index contributed by atoms with van der Waals surface area (Å²) in [5.74, 6) is 0.805. The van der Waals surface area contributed by atoms with Crippen LogP contribution in [-0.2, 0) is 0 Å². The van der Waals surface area contributed by atoms with Gasteiger partial charge in [-0.2, -0.15) is 0 Å². The molecule has 5 rings (SSSR count). The molecule has 1 aromatic heterocycles. The molecule has 0 saturated carbocycles. The van der Waals surface area contributed by atoms with Gasteiger partial charge in [-0.05, 0) is 41.8 Å². The Labute approximate surface area is 159 Å². The van der Waals surface area contributed by atoms with Crippen molar-refractivity contribution in [2.24, 2.45) is 0 Å². The van der Waals surface area contributed by atoms with Crippen LogP contribution in [0.15, 0.2) is 48.8 Å². The van der Waals surface area contributed by atoms with Gasteiger partial charge >= 0.3 is 6.09 Å². The van der Waals surface area contributed by atoms with Crippen molar-refractivity contribution in [3.8, 4) is 5.75 Å². The molecule has 1 fully saturated rings. The van der Waals surface area contributed by atoms with E-state index in [1.54, 1.807) is 17.3 Å². The molecule has 0 radical (unpaired) electrons. The van der Waals surface area contributed by atoms with E-state index >= 15 is 0 Å². The Morgan fingerprint density at radius 1 is 1.04 bits per heavy atom. The van der Waals surface area contributed by atoms with Crippen molar-refractivity contribution in [2.75, 3.05) is 13.1 Å². The lowest BCUT2D eigenvalue weighted by molar-refractivity contribution is -0.384. The van der Waals surface area contributed by atoms with Crippen molar-refractivity contribution < 1.29 is 14.5 Å². The average molecular weight is 376 g/mol. The summed E-state index contributed by atoms with van der Waals surface area (Å²) in [6.07, 6.45) is 3.94. The molecule has 28 heavy (non-hydrogen) atoms. The van der Waals surface area contributed by atoms with Crippen molar-refractivity contribution in [2.45, 2.75) is 18.3 Å². The van der Waals surface area contributed by atoms with Crippen molar-refractivity contribution >= 4 is 22.8 Å². The van der Waals surface area contributed by atoms with Gasteiger partial charge in [-0.3, -0.25) is 20.1 Å². The largest absolute Gasteiger partial charge is 0.415 e. The topological polar surface area (TPSA) is 98.5 Å². The van der Waals surface area contributed by atoms with E-state index in [0.29, 0.717) is 18.8 Å². The smallest absolute Gasteiger partial charge is 0.410 e. The number of carbonyl (C=O) groups excluding carboxylic acids is 1. The van der Waals surface area contributed by atoms with Crippen LogP contribution in [0.25, 0.3) is 11.0 Å². The number of aromatic nitrogens is 2. The van der Waals surface area contributed by atoms with Gasteiger partial charge in [0.15, 0.2) is 0 Å². The number of amides is 1. The van der Waals surface area contributed by atoms with Crippen LogP contribution < -0.4 is 4.74 Å². The molecule has 2 heterocycles. The van der Waals surface area contributed by atoms with E-state index in [4.69, 9.17) is 4.74 Å². The van der Waals surface area contributed by atoms with Crippen molar-refractivity contribution in [1.29, 1.82) is 0 Å². The lowest BCUT2D eigenvalue weighted by atomic mass is 9.96. The fraction of sp³-hybridized carbons (Fsp3) is 0.250. The van der Waals surface area contributed by atoms with Gasteiger partial charge in [-0.1, -0.05) is 0 Å². The highest BCUT2D eigenvalue weighted by atomic mass is 16.6. The molecule has 1 amide bonds. The Balaban J connectivity index is 1.35. The molecule has 2 bridgehead atoms. The van der Waals surface area contributed by atoms with E-state index in [9.17, 15) is 14.9 Å². The van der Waals surface area contributed by atoms with Gasteiger partial charge in [0.05, 0.1) is 16.0 Å². The molecule has 0 spiro atoms. The van der Waals surface area contributed by atoms with Crippen LogP contribution in [0.4, 0.5) is 10.5 Å². The first-order chi connectivity index (χ1) is 13.6. The fourth-order valence-electron chi connectivity index (χ4n) is 4.25. The van der Waals surface area contributed by atoms with E-state index < -0.39 is 11.0 Å². The lowest BCUT2D eigenvalue weighted by Gasteiger charge is -2.31. The molecule has 1 aliphatic carbocycles. The summed E-state index contributed by atoms with van der Waals surface area (Å²) in [6.45, 7) is 1.17. The standard InChI is InChI=1S/C20H16N4O4/c25-20(28-15-3-1-14(2-4-15)24(26)27)23-10-12-7-13(11-23)17-9-19-18(8-16(12)17)21-5-6-22-19/h1-6,8-9,12-13H,7,10-11H2. The van der Waals surface area contributed by atoms with Crippen LogP contribution in [0.2, 0.25) is 0 Å². The summed E-state index contributed by atoms with van der Waals surface area (Å²) in [5.41, 5.74) is 4.18. The summed E-state index contributed by atoms with van der Waals surface area (Å²) in [5, 5.41) is 10.7. The zero-order valence-corrected chi connectivity index (χ0v) is 14.8. The molecule has 2 aromatic carbocycles. The van der Waals surface area contributed by atoms with Crippen LogP contribution in [0.5, 0.6) is 5.75 Å². The Kier molecular flexibility index (Phi) is 3.71. The van der Waals surface area contributed by atoms with Gasteiger partial charge < -0.3 is 9.64 Å². The highest BCUT2D eigenvalue weighted by Crippen LogP contribution is 2.47.